The molecule has 3 amide bonds. The Balaban J connectivity index is 1.69. The molecule has 1 fully saturated rings. The molecule has 6 heteroatoms. The second-order valence-corrected chi connectivity index (χ2v) is 5.59. The molecule has 0 saturated carbocycles. The molecule has 0 aliphatic carbocycles. The van der Waals surface area contributed by atoms with E-state index in [9.17, 15) is 14.0 Å². The number of carbonyl (C=O) groups is 2. The minimum Gasteiger partial charge on any atom is -0.352 e. The van der Waals surface area contributed by atoms with Gasteiger partial charge in [-0.3, -0.25) is 4.79 Å². The number of amides is 3. The minimum atomic E-state index is -0.280. The quantitative estimate of drug-likeness (QED) is 0.892. The van der Waals surface area contributed by atoms with Crippen LogP contribution in [-0.4, -0.2) is 37.0 Å². The lowest BCUT2D eigenvalue weighted by atomic mass is 9.93. The summed E-state index contributed by atoms with van der Waals surface area (Å²) in [6.45, 7) is 1.79. The lowest BCUT2D eigenvalue weighted by Crippen LogP contribution is -2.43. The van der Waals surface area contributed by atoms with Gasteiger partial charge in [-0.25, -0.2) is 9.18 Å². The van der Waals surface area contributed by atoms with Crippen molar-refractivity contribution in [2.45, 2.75) is 25.8 Å². The van der Waals surface area contributed by atoms with Crippen LogP contribution in [0, 0.1) is 11.7 Å². The van der Waals surface area contributed by atoms with Crippen LogP contribution in [0.3, 0.4) is 0 Å². The summed E-state index contributed by atoms with van der Waals surface area (Å²) in [4.78, 5) is 25.2. The van der Waals surface area contributed by atoms with Gasteiger partial charge in [0.1, 0.15) is 5.82 Å². The highest BCUT2D eigenvalue weighted by atomic mass is 19.1. The molecular weight excluding hydrogens is 285 g/mol. The van der Waals surface area contributed by atoms with Crippen LogP contribution in [0.1, 0.15) is 24.8 Å². The molecule has 1 aliphatic heterocycles. The van der Waals surface area contributed by atoms with Gasteiger partial charge >= 0.3 is 6.03 Å². The second-order valence-electron chi connectivity index (χ2n) is 5.59. The Morgan fingerprint density at radius 1 is 1.23 bits per heavy atom. The normalized spacial score (nSPS) is 15.5. The van der Waals surface area contributed by atoms with Crippen LogP contribution in [0.2, 0.25) is 0 Å². The Labute approximate surface area is 129 Å². The first kappa shape index (κ1) is 16.3. The molecule has 0 atom stereocenters. The predicted molar refractivity (Wildman–Crippen MR) is 81.6 cm³/mol. The van der Waals surface area contributed by atoms with Crippen molar-refractivity contribution in [2.75, 3.05) is 20.1 Å². The molecule has 0 aromatic heterocycles. The number of likely N-dealkylation sites (tertiary alicyclic amines) is 1. The van der Waals surface area contributed by atoms with Gasteiger partial charge < -0.3 is 15.5 Å². The van der Waals surface area contributed by atoms with Crippen LogP contribution >= 0.6 is 0 Å². The van der Waals surface area contributed by atoms with Crippen molar-refractivity contribution in [3.63, 3.8) is 0 Å². The van der Waals surface area contributed by atoms with E-state index in [0.717, 1.165) is 18.4 Å². The molecule has 1 saturated heterocycles. The van der Waals surface area contributed by atoms with Crippen molar-refractivity contribution in [3.05, 3.63) is 35.6 Å². The molecule has 0 bridgehead atoms. The lowest BCUT2D eigenvalue weighted by molar-refractivity contribution is -0.122. The summed E-state index contributed by atoms with van der Waals surface area (Å²) in [6.07, 6.45) is 2.16. The summed E-state index contributed by atoms with van der Waals surface area (Å²) in [5, 5.41) is 5.47. The fourth-order valence-corrected chi connectivity index (χ4v) is 2.64. The Kier molecular flexibility index (Phi) is 5.75. The average molecular weight is 307 g/mol. The third kappa shape index (κ3) is 4.72. The van der Waals surface area contributed by atoms with Gasteiger partial charge in [0.25, 0.3) is 0 Å². The molecule has 2 N–H and O–H groups in total. The average Bonchev–Trinajstić information content (AvgIpc) is 2.54. The highest BCUT2D eigenvalue weighted by Crippen LogP contribution is 2.20. The summed E-state index contributed by atoms with van der Waals surface area (Å²) in [7, 11) is 1.62. The predicted octanol–water partition coefficient (Wildman–Crippen LogP) is 1.88. The molecule has 1 heterocycles. The van der Waals surface area contributed by atoms with Gasteiger partial charge in [0.2, 0.25) is 5.91 Å². The molecule has 22 heavy (non-hydrogen) atoms. The van der Waals surface area contributed by atoms with E-state index in [4.69, 9.17) is 0 Å². The van der Waals surface area contributed by atoms with Crippen LogP contribution < -0.4 is 10.6 Å². The van der Waals surface area contributed by atoms with E-state index in [1.54, 1.807) is 24.1 Å². The van der Waals surface area contributed by atoms with Crippen LogP contribution in [-0.2, 0) is 11.3 Å². The van der Waals surface area contributed by atoms with Crippen molar-refractivity contribution >= 4 is 11.9 Å². The van der Waals surface area contributed by atoms with Gasteiger partial charge in [0.15, 0.2) is 0 Å². The van der Waals surface area contributed by atoms with Gasteiger partial charge in [-0.1, -0.05) is 12.1 Å². The van der Waals surface area contributed by atoms with Gasteiger partial charge in [-0.05, 0) is 36.5 Å². The van der Waals surface area contributed by atoms with Crippen molar-refractivity contribution in [3.8, 4) is 0 Å². The number of carbonyl (C=O) groups excluding carboxylic acids is 2. The minimum absolute atomic E-state index is 0.00252. The number of benzene rings is 1. The number of halogens is 1. The van der Waals surface area contributed by atoms with E-state index in [-0.39, 0.29) is 17.8 Å². The fraction of sp³-hybridized carbons (Fsp3) is 0.500. The molecule has 2 rings (SSSR count). The number of piperidine rings is 1. The van der Waals surface area contributed by atoms with Crippen LogP contribution in [0.15, 0.2) is 24.3 Å². The molecule has 5 nitrogen and oxygen atoms in total. The second kappa shape index (κ2) is 7.77. The highest BCUT2D eigenvalue weighted by Gasteiger charge is 2.23. The zero-order valence-electron chi connectivity index (χ0n) is 12.8. The van der Waals surface area contributed by atoms with E-state index < -0.39 is 0 Å². The Morgan fingerprint density at radius 2 is 1.86 bits per heavy atom. The fourth-order valence-electron chi connectivity index (χ4n) is 2.64. The van der Waals surface area contributed by atoms with Crippen molar-refractivity contribution < 1.29 is 14.0 Å². The number of hydrogen-bond acceptors (Lipinski definition) is 2. The molecule has 120 valence electrons. The SMILES string of the molecule is CNC(=O)N1CCC(CC(=O)NCc2ccc(F)cc2)CC1. The maximum atomic E-state index is 12.8. The molecule has 0 radical (unpaired) electrons. The first-order chi connectivity index (χ1) is 10.6. The molecule has 1 aromatic carbocycles. The Hall–Kier alpha value is -2.11. The first-order valence-electron chi connectivity index (χ1n) is 7.56. The van der Waals surface area contributed by atoms with E-state index in [1.807, 2.05) is 0 Å². The van der Waals surface area contributed by atoms with Crippen LogP contribution in [0.4, 0.5) is 9.18 Å². The number of urea groups is 1. The summed E-state index contributed by atoms with van der Waals surface area (Å²) in [5.74, 6) is 0.0368. The van der Waals surface area contributed by atoms with Crippen LogP contribution in [0.25, 0.3) is 0 Å². The third-order valence-electron chi connectivity index (χ3n) is 3.99. The number of nitrogens with one attached hydrogen (secondary N) is 2. The van der Waals surface area contributed by atoms with Crippen LogP contribution in [0.5, 0.6) is 0 Å². The summed E-state index contributed by atoms with van der Waals surface area (Å²) >= 11 is 0. The molecule has 0 spiro atoms. The molecular formula is C16H22FN3O2. The largest absolute Gasteiger partial charge is 0.352 e. The standard InChI is InChI=1S/C16H22FN3O2/c1-18-16(22)20-8-6-12(7-9-20)10-15(21)19-11-13-2-4-14(17)5-3-13/h2-5,12H,6-11H2,1H3,(H,18,22)(H,19,21). The highest BCUT2D eigenvalue weighted by molar-refractivity contribution is 5.76. The van der Waals surface area contributed by atoms with Crippen molar-refractivity contribution in [1.29, 1.82) is 0 Å². The summed E-state index contributed by atoms with van der Waals surface area (Å²) in [6, 6.07) is 6.04. The summed E-state index contributed by atoms with van der Waals surface area (Å²) < 4.78 is 12.8. The van der Waals surface area contributed by atoms with Crippen molar-refractivity contribution in [2.24, 2.45) is 5.92 Å². The Morgan fingerprint density at radius 3 is 2.45 bits per heavy atom. The van der Waals surface area contributed by atoms with Gasteiger partial charge in [-0.15, -0.1) is 0 Å². The molecule has 1 aliphatic rings. The maximum absolute atomic E-state index is 12.8. The van der Waals surface area contributed by atoms with Crippen molar-refractivity contribution in [1.82, 2.24) is 15.5 Å². The third-order valence-corrected chi connectivity index (χ3v) is 3.99. The Bertz CT molecular complexity index is 511. The van der Waals surface area contributed by atoms with E-state index >= 15 is 0 Å². The smallest absolute Gasteiger partial charge is 0.317 e. The number of rotatable bonds is 4. The summed E-state index contributed by atoms with van der Waals surface area (Å²) in [5.41, 5.74) is 0.879. The first-order valence-corrected chi connectivity index (χ1v) is 7.56. The zero-order chi connectivity index (χ0) is 15.9. The number of hydrogen-bond donors (Lipinski definition) is 2. The number of nitrogens with zero attached hydrogens (tertiary/aromatic N) is 1. The van der Waals surface area contributed by atoms with E-state index in [1.165, 1.54) is 12.1 Å². The maximum Gasteiger partial charge on any atom is 0.317 e. The molecule has 1 aromatic rings. The molecule has 0 unspecified atom stereocenters. The van der Waals surface area contributed by atoms with Gasteiger partial charge in [-0.2, -0.15) is 0 Å². The monoisotopic (exact) mass is 307 g/mol. The van der Waals surface area contributed by atoms with E-state index in [0.29, 0.717) is 32.0 Å². The van der Waals surface area contributed by atoms with Gasteiger partial charge in [0.05, 0.1) is 0 Å². The topological polar surface area (TPSA) is 61.4 Å². The zero-order valence-corrected chi connectivity index (χ0v) is 12.8. The lowest BCUT2D eigenvalue weighted by Gasteiger charge is -2.31. The van der Waals surface area contributed by atoms with E-state index in [2.05, 4.69) is 10.6 Å². The van der Waals surface area contributed by atoms with Gasteiger partial charge in [0, 0.05) is 33.1 Å².